The molecule has 0 fully saturated rings. The quantitative estimate of drug-likeness (QED) is 0.800. The first kappa shape index (κ1) is 15.0. The van der Waals surface area contributed by atoms with Crippen molar-refractivity contribution in [1.82, 2.24) is 19.4 Å². The Morgan fingerprint density at radius 3 is 3.04 bits per heavy atom. The molecule has 2 aromatic heterocycles. The fourth-order valence-electron chi connectivity index (χ4n) is 3.65. The van der Waals surface area contributed by atoms with Gasteiger partial charge in [-0.25, -0.2) is 4.98 Å². The number of nitrogens with one attached hydrogen (secondary N) is 1. The van der Waals surface area contributed by atoms with Gasteiger partial charge in [-0.15, -0.1) is 0 Å². The lowest BCUT2D eigenvalue weighted by molar-refractivity contribution is 0.0599. The van der Waals surface area contributed by atoms with Gasteiger partial charge < -0.3 is 14.5 Å². The van der Waals surface area contributed by atoms with Crippen LogP contribution in [0.15, 0.2) is 36.5 Å². The van der Waals surface area contributed by atoms with E-state index in [0.717, 1.165) is 42.5 Å². The van der Waals surface area contributed by atoms with E-state index < -0.39 is 0 Å². The van der Waals surface area contributed by atoms with Crippen LogP contribution in [0, 0.1) is 6.92 Å². The van der Waals surface area contributed by atoms with Gasteiger partial charge in [-0.1, -0.05) is 19.4 Å². The number of fused-ring (bicyclic) bond motifs is 2. The molecule has 1 aliphatic rings. The van der Waals surface area contributed by atoms with E-state index in [2.05, 4.69) is 39.8 Å². The summed E-state index contributed by atoms with van der Waals surface area (Å²) in [7, 11) is 0. The first-order valence-electron chi connectivity index (χ1n) is 8.59. The Balaban J connectivity index is 1.69. The summed E-state index contributed by atoms with van der Waals surface area (Å²) in [5.41, 5.74) is 4.15. The molecule has 1 atom stereocenters. The van der Waals surface area contributed by atoms with Crippen LogP contribution in [0.2, 0.25) is 0 Å². The second-order valence-corrected chi connectivity index (χ2v) is 6.54. The SMILES string of the molecule is CCC[C@@H]1c2cccn2CCN1C(=O)c1nc2ccc(C)cc2[nH]1. The van der Waals surface area contributed by atoms with Gasteiger partial charge >= 0.3 is 0 Å². The van der Waals surface area contributed by atoms with Gasteiger partial charge in [0.2, 0.25) is 0 Å². The first-order valence-corrected chi connectivity index (χ1v) is 8.59. The average molecular weight is 322 g/mol. The molecule has 1 aliphatic heterocycles. The molecule has 1 aromatic carbocycles. The molecular weight excluding hydrogens is 300 g/mol. The van der Waals surface area contributed by atoms with Crippen molar-refractivity contribution in [2.24, 2.45) is 0 Å². The van der Waals surface area contributed by atoms with Crippen LogP contribution in [0.4, 0.5) is 0 Å². The third-order valence-electron chi connectivity index (χ3n) is 4.83. The summed E-state index contributed by atoms with van der Waals surface area (Å²) in [4.78, 5) is 22.8. The van der Waals surface area contributed by atoms with Crippen molar-refractivity contribution in [2.45, 2.75) is 39.3 Å². The number of benzene rings is 1. The van der Waals surface area contributed by atoms with E-state index in [1.54, 1.807) is 0 Å². The van der Waals surface area contributed by atoms with Crippen molar-refractivity contribution in [1.29, 1.82) is 0 Å². The van der Waals surface area contributed by atoms with Gasteiger partial charge in [-0.05, 0) is 43.2 Å². The van der Waals surface area contributed by atoms with Crippen LogP contribution in [-0.2, 0) is 6.54 Å². The molecule has 3 aromatic rings. The maximum absolute atomic E-state index is 13.1. The second kappa shape index (κ2) is 5.82. The highest BCUT2D eigenvalue weighted by atomic mass is 16.2. The maximum Gasteiger partial charge on any atom is 0.290 e. The van der Waals surface area contributed by atoms with E-state index in [0.29, 0.717) is 5.82 Å². The van der Waals surface area contributed by atoms with Crippen molar-refractivity contribution in [2.75, 3.05) is 6.54 Å². The summed E-state index contributed by atoms with van der Waals surface area (Å²) in [5.74, 6) is 0.437. The maximum atomic E-state index is 13.1. The highest BCUT2D eigenvalue weighted by Crippen LogP contribution is 2.31. The molecule has 0 saturated carbocycles. The normalized spacial score (nSPS) is 17.2. The number of nitrogens with zero attached hydrogens (tertiary/aromatic N) is 3. The van der Waals surface area contributed by atoms with Gasteiger partial charge in [0.15, 0.2) is 5.82 Å². The fourth-order valence-corrected chi connectivity index (χ4v) is 3.65. The Bertz CT molecular complexity index is 892. The number of hydrogen-bond donors (Lipinski definition) is 1. The van der Waals surface area contributed by atoms with Gasteiger partial charge in [0.25, 0.3) is 5.91 Å². The summed E-state index contributed by atoms with van der Waals surface area (Å²) in [6.07, 6.45) is 4.11. The Labute approximate surface area is 141 Å². The molecule has 1 N–H and O–H groups in total. The number of aryl methyl sites for hydroxylation is 1. The molecule has 0 aliphatic carbocycles. The van der Waals surface area contributed by atoms with Crippen molar-refractivity contribution in [3.63, 3.8) is 0 Å². The molecule has 0 saturated heterocycles. The number of carbonyl (C=O) groups is 1. The van der Waals surface area contributed by atoms with Crippen LogP contribution in [0.5, 0.6) is 0 Å². The summed E-state index contributed by atoms with van der Waals surface area (Å²) in [5, 5.41) is 0. The number of amides is 1. The first-order chi connectivity index (χ1) is 11.7. The fraction of sp³-hybridized carbons (Fsp3) is 0.368. The highest BCUT2D eigenvalue weighted by Gasteiger charge is 2.32. The lowest BCUT2D eigenvalue weighted by Crippen LogP contribution is -2.42. The van der Waals surface area contributed by atoms with Crippen molar-refractivity contribution < 1.29 is 4.79 Å². The van der Waals surface area contributed by atoms with Crippen molar-refractivity contribution in [3.05, 3.63) is 53.6 Å². The summed E-state index contributed by atoms with van der Waals surface area (Å²) in [6, 6.07) is 10.3. The number of aromatic nitrogens is 3. The molecule has 3 heterocycles. The summed E-state index contributed by atoms with van der Waals surface area (Å²) >= 11 is 0. The van der Waals surface area contributed by atoms with Crippen LogP contribution in [-0.4, -0.2) is 31.9 Å². The monoisotopic (exact) mass is 322 g/mol. The molecule has 24 heavy (non-hydrogen) atoms. The Morgan fingerprint density at radius 1 is 1.33 bits per heavy atom. The van der Waals surface area contributed by atoms with Gasteiger partial charge in [0, 0.05) is 25.0 Å². The Hall–Kier alpha value is -2.56. The van der Waals surface area contributed by atoms with E-state index in [-0.39, 0.29) is 11.9 Å². The van der Waals surface area contributed by atoms with E-state index in [4.69, 9.17) is 0 Å². The molecule has 4 rings (SSSR count). The molecule has 0 radical (unpaired) electrons. The molecule has 0 unspecified atom stereocenters. The number of carbonyl (C=O) groups excluding carboxylic acids is 1. The lowest BCUT2D eigenvalue weighted by atomic mass is 10.0. The largest absolute Gasteiger partial charge is 0.348 e. The molecule has 1 amide bonds. The predicted molar refractivity (Wildman–Crippen MR) is 93.9 cm³/mol. The molecule has 124 valence electrons. The topological polar surface area (TPSA) is 53.9 Å². The van der Waals surface area contributed by atoms with E-state index in [9.17, 15) is 4.79 Å². The summed E-state index contributed by atoms with van der Waals surface area (Å²) < 4.78 is 2.26. The van der Waals surface area contributed by atoms with Crippen LogP contribution in [0.25, 0.3) is 11.0 Å². The lowest BCUT2D eigenvalue weighted by Gasteiger charge is -2.36. The Morgan fingerprint density at radius 2 is 2.21 bits per heavy atom. The highest BCUT2D eigenvalue weighted by molar-refractivity contribution is 5.94. The minimum Gasteiger partial charge on any atom is -0.348 e. The second-order valence-electron chi connectivity index (χ2n) is 6.54. The zero-order valence-corrected chi connectivity index (χ0v) is 14.1. The third kappa shape index (κ3) is 2.40. The minimum absolute atomic E-state index is 0.00486. The minimum atomic E-state index is -0.00486. The average Bonchev–Trinajstić information content (AvgIpc) is 3.20. The van der Waals surface area contributed by atoms with Gasteiger partial charge in [-0.2, -0.15) is 0 Å². The van der Waals surface area contributed by atoms with Gasteiger partial charge in [0.05, 0.1) is 17.1 Å². The molecule has 0 spiro atoms. The van der Waals surface area contributed by atoms with Gasteiger partial charge in [-0.3, -0.25) is 4.79 Å². The molecular formula is C19H22N4O. The van der Waals surface area contributed by atoms with E-state index >= 15 is 0 Å². The van der Waals surface area contributed by atoms with E-state index in [1.807, 2.05) is 30.0 Å². The van der Waals surface area contributed by atoms with Crippen molar-refractivity contribution in [3.8, 4) is 0 Å². The van der Waals surface area contributed by atoms with Crippen molar-refractivity contribution >= 4 is 16.9 Å². The smallest absolute Gasteiger partial charge is 0.290 e. The van der Waals surface area contributed by atoms with Crippen LogP contribution < -0.4 is 0 Å². The molecule has 5 heteroatoms. The standard InChI is InChI=1S/C19H22N4O/c1-3-5-17-16-6-4-9-22(16)10-11-23(17)19(24)18-20-14-8-7-13(2)12-15(14)21-18/h4,6-9,12,17H,3,5,10-11H2,1-2H3,(H,20,21)/t17-/m1/s1. The third-order valence-corrected chi connectivity index (χ3v) is 4.83. The number of aromatic amines is 1. The molecule has 5 nitrogen and oxygen atoms in total. The number of imidazole rings is 1. The van der Waals surface area contributed by atoms with Crippen LogP contribution in [0.3, 0.4) is 0 Å². The Kier molecular flexibility index (Phi) is 3.63. The zero-order chi connectivity index (χ0) is 16.7. The van der Waals surface area contributed by atoms with Gasteiger partial charge in [0.1, 0.15) is 0 Å². The number of rotatable bonds is 3. The summed E-state index contributed by atoms with van der Waals surface area (Å²) in [6.45, 7) is 5.77. The van der Waals surface area contributed by atoms with Crippen LogP contribution >= 0.6 is 0 Å². The predicted octanol–water partition coefficient (Wildman–Crippen LogP) is 3.67. The molecule has 0 bridgehead atoms. The van der Waals surface area contributed by atoms with Crippen LogP contribution in [0.1, 0.15) is 47.7 Å². The number of H-pyrrole nitrogens is 1. The number of hydrogen-bond acceptors (Lipinski definition) is 2. The zero-order valence-electron chi connectivity index (χ0n) is 14.1. The van der Waals surface area contributed by atoms with E-state index in [1.165, 1.54) is 5.69 Å².